The molecule has 0 aliphatic rings. The molecule has 3 aromatic rings. The van der Waals surface area contributed by atoms with Gasteiger partial charge in [-0.15, -0.1) is 0 Å². The van der Waals surface area contributed by atoms with E-state index in [1.807, 2.05) is 0 Å². The molecule has 0 aliphatic heterocycles. The summed E-state index contributed by atoms with van der Waals surface area (Å²) in [7, 11) is 1.55. The van der Waals surface area contributed by atoms with Gasteiger partial charge in [-0.3, -0.25) is 9.59 Å². The van der Waals surface area contributed by atoms with Crippen molar-refractivity contribution >= 4 is 45.6 Å². The van der Waals surface area contributed by atoms with Crippen molar-refractivity contribution in [1.82, 2.24) is 4.57 Å². The number of carbonyl (C=O) groups is 1. The standard InChI is InChI=1S/C18H14Cl2N2O3/c1-25-16-4-2-3-13-12(16)7-8-22(18(13)24)10-17(23)21-11-5-6-14(19)15(20)9-11/h2-9H,10H2,1H3,(H,21,23). The van der Waals surface area contributed by atoms with E-state index in [-0.39, 0.29) is 18.0 Å². The van der Waals surface area contributed by atoms with Crippen LogP contribution in [-0.4, -0.2) is 17.6 Å². The Bertz CT molecular complexity index is 1010. The number of ether oxygens (including phenoxy) is 1. The molecule has 0 spiro atoms. The first kappa shape index (κ1) is 17.3. The Morgan fingerprint density at radius 2 is 1.92 bits per heavy atom. The number of fused-ring (bicyclic) bond motifs is 1. The van der Waals surface area contributed by atoms with Gasteiger partial charge in [-0.25, -0.2) is 0 Å². The van der Waals surface area contributed by atoms with Gasteiger partial charge in [0.05, 0.1) is 22.5 Å². The van der Waals surface area contributed by atoms with Crippen molar-refractivity contribution in [2.45, 2.75) is 6.54 Å². The molecule has 0 saturated heterocycles. The van der Waals surface area contributed by atoms with Gasteiger partial charge in [-0.2, -0.15) is 0 Å². The summed E-state index contributed by atoms with van der Waals surface area (Å²) in [6, 6.07) is 11.8. The van der Waals surface area contributed by atoms with Gasteiger partial charge in [0.15, 0.2) is 0 Å². The molecular weight excluding hydrogens is 363 g/mol. The van der Waals surface area contributed by atoms with Crippen molar-refractivity contribution in [3.8, 4) is 5.75 Å². The second kappa shape index (κ2) is 7.17. The van der Waals surface area contributed by atoms with E-state index in [1.165, 1.54) is 4.57 Å². The summed E-state index contributed by atoms with van der Waals surface area (Å²) in [4.78, 5) is 24.8. The van der Waals surface area contributed by atoms with Crippen LogP contribution in [0.25, 0.3) is 10.8 Å². The zero-order valence-corrected chi connectivity index (χ0v) is 14.8. The molecule has 25 heavy (non-hydrogen) atoms. The predicted octanol–water partition coefficient (Wildman–Crippen LogP) is 3.96. The van der Waals surface area contributed by atoms with E-state index in [1.54, 1.807) is 55.8 Å². The van der Waals surface area contributed by atoms with Crippen LogP contribution >= 0.6 is 23.2 Å². The van der Waals surface area contributed by atoms with Crippen LogP contribution in [0.15, 0.2) is 53.5 Å². The second-order valence-electron chi connectivity index (χ2n) is 5.35. The Morgan fingerprint density at radius 1 is 1.12 bits per heavy atom. The quantitative estimate of drug-likeness (QED) is 0.749. The summed E-state index contributed by atoms with van der Waals surface area (Å²) in [6.07, 6.45) is 1.57. The smallest absolute Gasteiger partial charge is 0.259 e. The number of pyridine rings is 1. The lowest BCUT2D eigenvalue weighted by atomic mass is 10.1. The minimum atomic E-state index is -0.345. The molecule has 1 aromatic heterocycles. The molecule has 7 heteroatoms. The number of halogens is 2. The summed E-state index contributed by atoms with van der Waals surface area (Å²) < 4.78 is 6.59. The third-order valence-corrected chi connectivity index (χ3v) is 4.45. The molecule has 0 fully saturated rings. The average Bonchev–Trinajstić information content (AvgIpc) is 2.60. The minimum absolute atomic E-state index is 0.119. The van der Waals surface area contributed by atoms with Crippen molar-refractivity contribution < 1.29 is 9.53 Å². The Hall–Kier alpha value is -2.50. The van der Waals surface area contributed by atoms with E-state index in [9.17, 15) is 9.59 Å². The first-order valence-electron chi connectivity index (χ1n) is 7.40. The normalized spacial score (nSPS) is 10.7. The van der Waals surface area contributed by atoms with Crippen LogP contribution in [0.3, 0.4) is 0 Å². The predicted molar refractivity (Wildman–Crippen MR) is 99.9 cm³/mol. The maximum absolute atomic E-state index is 12.6. The maximum atomic E-state index is 12.6. The third kappa shape index (κ3) is 3.62. The summed E-state index contributed by atoms with van der Waals surface area (Å²) >= 11 is 11.8. The number of rotatable bonds is 4. The summed E-state index contributed by atoms with van der Waals surface area (Å²) in [5.74, 6) is 0.268. The third-order valence-electron chi connectivity index (χ3n) is 3.72. The number of hydrogen-bond donors (Lipinski definition) is 1. The SMILES string of the molecule is COc1cccc2c(=O)n(CC(=O)Nc3ccc(Cl)c(Cl)c3)ccc12. The number of nitrogens with one attached hydrogen (secondary N) is 1. The zero-order valence-electron chi connectivity index (χ0n) is 13.3. The van der Waals surface area contributed by atoms with Crippen LogP contribution in [0.1, 0.15) is 0 Å². The fraction of sp³-hybridized carbons (Fsp3) is 0.111. The highest BCUT2D eigenvalue weighted by Crippen LogP contribution is 2.25. The average molecular weight is 377 g/mol. The molecule has 5 nitrogen and oxygen atoms in total. The van der Waals surface area contributed by atoms with E-state index in [2.05, 4.69) is 5.32 Å². The summed E-state index contributed by atoms with van der Waals surface area (Å²) in [5.41, 5.74) is 0.246. The number of methoxy groups -OCH3 is 1. The lowest BCUT2D eigenvalue weighted by Gasteiger charge is -2.10. The van der Waals surface area contributed by atoms with Crippen LogP contribution in [0.5, 0.6) is 5.75 Å². The van der Waals surface area contributed by atoms with E-state index in [0.717, 1.165) is 0 Å². The first-order chi connectivity index (χ1) is 12.0. The fourth-order valence-corrected chi connectivity index (χ4v) is 2.82. The van der Waals surface area contributed by atoms with Crippen molar-refractivity contribution in [3.63, 3.8) is 0 Å². The highest BCUT2D eigenvalue weighted by Gasteiger charge is 2.10. The second-order valence-corrected chi connectivity index (χ2v) is 6.16. The number of benzene rings is 2. The van der Waals surface area contributed by atoms with Crippen molar-refractivity contribution in [2.75, 3.05) is 12.4 Å². The molecule has 0 atom stereocenters. The number of anilines is 1. The van der Waals surface area contributed by atoms with Gasteiger partial charge in [0.2, 0.25) is 5.91 Å². The lowest BCUT2D eigenvalue weighted by molar-refractivity contribution is -0.116. The highest BCUT2D eigenvalue weighted by atomic mass is 35.5. The molecule has 0 bridgehead atoms. The Labute approximate surface area is 153 Å². The molecule has 2 aromatic carbocycles. The largest absolute Gasteiger partial charge is 0.496 e. The Kier molecular flexibility index (Phi) is 4.97. The van der Waals surface area contributed by atoms with Gasteiger partial charge in [0, 0.05) is 17.3 Å². The number of carbonyl (C=O) groups excluding carboxylic acids is 1. The van der Waals surface area contributed by atoms with Crippen molar-refractivity contribution in [1.29, 1.82) is 0 Å². The van der Waals surface area contributed by atoms with Crippen LogP contribution in [0, 0.1) is 0 Å². The molecule has 0 radical (unpaired) electrons. The number of nitrogens with zero attached hydrogens (tertiary/aromatic N) is 1. The Morgan fingerprint density at radius 3 is 2.64 bits per heavy atom. The van der Waals surface area contributed by atoms with Gasteiger partial charge in [-0.05, 0) is 36.4 Å². The van der Waals surface area contributed by atoms with E-state index in [0.29, 0.717) is 32.3 Å². The van der Waals surface area contributed by atoms with Crippen LogP contribution in [0.4, 0.5) is 5.69 Å². The number of hydrogen-bond acceptors (Lipinski definition) is 3. The van der Waals surface area contributed by atoms with Gasteiger partial charge in [0.25, 0.3) is 5.56 Å². The zero-order chi connectivity index (χ0) is 18.0. The van der Waals surface area contributed by atoms with Gasteiger partial charge in [-0.1, -0.05) is 29.3 Å². The van der Waals surface area contributed by atoms with Gasteiger partial charge in [0.1, 0.15) is 12.3 Å². The van der Waals surface area contributed by atoms with Crippen LogP contribution in [-0.2, 0) is 11.3 Å². The molecule has 0 unspecified atom stereocenters. The Balaban J connectivity index is 1.85. The summed E-state index contributed by atoms with van der Waals surface area (Å²) in [6.45, 7) is -0.119. The van der Waals surface area contributed by atoms with Gasteiger partial charge >= 0.3 is 0 Å². The van der Waals surface area contributed by atoms with E-state index >= 15 is 0 Å². The molecule has 1 N–H and O–H groups in total. The van der Waals surface area contributed by atoms with E-state index in [4.69, 9.17) is 27.9 Å². The van der Waals surface area contributed by atoms with Crippen molar-refractivity contribution in [2.24, 2.45) is 0 Å². The summed E-state index contributed by atoms with van der Waals surface area (Å²) in [5, 5.41) is 4.63. The first-order valence-corrected chi connectivity index (χ1v) is 8.16. The number of aromatic nitrogens is 1. The maximum Gasteiger partial charge on any atom is 0.259 e. The molecule has 0 aliphatic carbocycles. The number of amides is 1. The molecular formula is C18H14Cl2N2O3. The molecule has 128 valence electrons. The minimum Gasteiger partial charge on any atom is -0.496 e. The van der Waals surface area contributed by atoms with E-state index < -0.39 is 0 Å². The molecule has 0 saturated carbocycles. The van der Waals surface area contributed by atoms with Crippen LogP contribution < -0.4 is 15.6 Å². The molecule has 1 amide bonds. The van der Waals surface area contributed by atoms with Gasteiger partial charge < -0.3 is 14.6 Å². The molecule has 3 rings (SSSR count). The lowest BCUT2D eigenvalue weighted by Crippen LogP contribution is -2.27. The highest BCUT2D eigenvalue weighted by molar-refractivity contribution is 6.42. The van der Waals surface area contributed by atoms with Crippen LogP contribution in [0.2, 0.25) is 10.0 Å². The molecule has 1 heterocycles. The fourth-order valence-electron chi connectivity index (χ4n) is 2.52. The monoisotopic (exact) mass is 376 g/mol. The van der Waals surface area contributed by atoms with Crippen molar-refractivity contribution in [3.05, 3.63) is 69.1 Å². The topological polar surface area (TPSA) is 60.3 Å².